The van der Waals surface area contributed by atoms with Crippen molar-refractivity contribution in [1.29, 1.82) is 0 Å². The maximum absolute atomic E-state index is 12.8. The SMILES string of the molecule is COc1ccccc1-c1nnc(SCC(=O)/C=C2/N(C)c3ccccc3C2(C)C)n1N. The van der Waals surface area contributed by atoms with E-state index in [1.165, 1.54) is 22.0 Å². The summed E-state index contributed by atoms with van der Waals surface area (Å²) in [4.78, 5) is 14.9. The number of ketones is 1. The summed E-state index contributed by atoms with van der Waals surface area (Å²) in [7, 11) is 3.59. The van der Waals surface area contributed by atoms with E-state index in [0.29, 0.717) is 16.7 Å². The monoisotopic (exact) mass is 435 g/mol. The quantitative estimate of drug-likeness (QED) is 0.359. The molecule has 4 rings (SSSR count). The first-order valence-electron chi connectivity index (χ1n) is 9.89. The van der Waals surface area contributed by atoms with Crippen LogP contribution < -0.4 is 15.5 Å². The largest absolute Gasteiger partial charge is 0.496 e. The second-order valence-electron chi connectivity index (χ2n) is 7.86. The smallest absolute Gasteiger partial charge is 0.210 e. The molecule has 31 heavy (non-hydrogen) atoms. The molecule has 0 spiro atoms. The van der Waals surface area contributed by atoms with Crippen LogP contribution in [0.1, 0.15) is 19.4 Å². The van der Waals surface area contributed by atoms with Crippen LogP contribution in [0.3, 0.4) is 0 Å². The molecule has 1 aliphatic heterocycles. The van der Waals surface area contributed by atoms with E-state index in [9.17, 15) is 4.79 Å². The third kappa shape index (κ3) is 3.67. The van der Waals surface area contributed by atoms with Gasteiger partial charge in [-0.1, -0.05) is 55.9 Å². The number of rotatable bonds is 6. The number of hydrogen-bond donors (Lipinski definition) is 1. The molecule has 160 valence electrons. The lowest BCUT2D eigenvalue weighted by molar-refractivity contribution is -0.112. The van der Waals surface area contributed by atoms with Gasteiger partial charge in [-0.2, -0.15) is 0 Å². The Morgan fingerprint density at radius 1 is 1.16 bits per heavy atom. The number of benzene rings is 2. The van der Waals surface area contributed by atoms with E-state index in [4.69, 9.17) is 10.6 Å². The summed E-state index contributed by atoms with van der Waals surface area (Å²) in [5.74, 6) is 7.56. The van der Waals surface area contributed by atoms with E-state index in [1.807, 2.05) is 43.4 Å². The van der Waals surface area contributed by atoms with Crippen molar-refractivity contribution in [3.05, 3.63) is 65.9 Å². The van der Waals surface area contributed by atoms with Gasteiger partial charge in [-0.15, -0.1) is 10.2 Å². The van der Waals surface area contributed by atoms with Gasteiger partial charge in [-0.3, -0.25) is 4.79 Å². The van der Waals surface area contributed by atoms with Crippen molar-refractivity contribution in [2.45, 2.75) is 24.4 Å². The predicted molar refractivity (Wildman–Crippen MR) is 124 cm³/mol. The highest BCUT2D eigenvalue weighted by Crippen LogP contribution is 2.46. The number of hydrogen-bond acceptors (Lipinski definition) is 7. The lowest BCUT2D eigenvalue weighted by Crippen LogP contribution is -2.24. The fourth-order valence-electron chi connectivity index (χ4n) is 3.98. The molecule has 2 heterocycles. The van der Waals surface area contributed by atoms with Crippen molar-refractivity contribution in [3.8, 4) is 17.1 Å². The molecule has 0 aliphatic carbocycles. The minimum atomic E-state index is -0.239. The third-order valence-corrected chi connectivity index (χ3v) is 6.56. The molecule has 2 N–H and O–H groups in total. The van der Waals surface area contributed by atoms with Crippen molar-refractivity contribution < 1.29 is 9.53 Å². The Hall–Kier alpha value is -3.26. The first kappa shape index (κ1) is 21.0. The van der Waals surface area contributed by atoms with E-state index in [1.54, 1.807) is 13.2 Å². The highest BCUT2D eigenvalue weighted by atomic mass is 32.2. The van der Waals surface area contributed by atoms with Crippen LogP contribution in [0.4, 0.5) is 5.69 Å². The van der Waals surface area contributed by atoms with Crippen LogP contribution in [-0.2, 0) is 10.2 Å². The highest BCUT2D eigenvalue weighted by molar-refractivity contribution is 7.99. The van der Waals surface area contributed by atoms with Gasteiger partial charge in [0.15, 0.2) is 11.6 Å². The lowest BCUT2D eigenvalue weighted by atomic mass is 9.83. The Balaban J connectivity index is 1.51. The number of fused-ring (bicyclic) bond motifs is 1. The molecule has 0 fully saturated rings. The molecule has 2 aromatic carbocycles. The van der Waals surface area contributed by atoms with Crippen molar-refractivity contribution in [2.75, 3.05) is 30.7 Å². The summed E-state index contributed by atoms with van der Waals surface area (Å²) < 4.78 is 6.78. The number of thioether (sulfide) groups is 1. The number of methoxy groups -OCH3 is 1. The van der Waals surface area contributed by atoms with E-state index >= 15 is 0 Å². The minimum absolute atomic E-state index is 0.00503. The van der Waals surface area contributed by atoms with Crippen molar-refractivity contribution in [1.82, 2.24) is 14.9 Å². The summed E-state index contributed by atoms with van der Waals surface area (Å²) in [5.41, 5.74) is 3.82. The number of nitrogens with zero attached hydrogens (tertiary/aromatic N) is 4. The second kappa shape index (κ2) is 8.11. The zero-order valence-corrected chi connectivity index (χ0v) is 18.8. The molecule has 0 saturated carbocycles. The van der Waals surface area contributed by atoms with Crippen LogP contribution >= 0.6 is 11.8 Å². The first-order valence-corrected chi connectivity index (χ1v) is 10.9. The van der Waals surface area contributed by atoms with Crippen molar-refractivity contribution in [2.24, 2.45) is 0 Å². The van der Waals surface area contributed by atoms with Gasteiger partial charge in [0.1, 0.15) is 5.75 Å². The van der Waals surface area contributed by atoms with Crippen molar-refractivity contribution >= 4 is 23.2 Å². The number of para-hydroxylation sites is 2. The number of aromatic nitrogens is 3. The fraction of sp³-hybridized carbons (Fsp3) is 0.261. The number of nitrogens with two attached hydrogens (primary N) is 1. The Morgan fingerprint density at radius 2 is 1.87 bits per heavy atom. The minimum Gasteiger partial charge on any atom is -0.496 e. The molecular formula is C23H25N5O2S. The van der Waals surface area contributed by atoms with Gasteiger partial charge in [0.2, 0.25) is 5.16 Å². The Morgan fingerprint density at radius 3 is 2.61 bits per heavy atom. The Bertz CT molecular complexity index is 1170. The van der Waals surface area contributed by atoms with Gasteiger partial charge in [-0.25, -0.2) is 4.68 Å². The van der Waals surface area contributed by atoms with E-state index < -0.39 is 0 Å². The molecule has 0 amide bonds. The van der Waals surface area contributed by atoms with Gasteiger partial charge in [-0.05, 0) is 23.8 Å². The molecule has 0 unspecified atom stereocenters. The van der Waals surface area contributed by atoms with Crippen LogP contribution in [0.2, 0.25) is 0 Å². The average Bonchev–Trinajstić information content (AvgIpc) is 3.23. The topological polar surface area (TPSA) is 86.3 Å². The van der Waals surface area contributed by atoms with Crippen molar-refractivity contribution in [3.63, 3.8) is 0 Å². The fourth-order valence-corrected chi connectivity index (χ4v) is 4.66. The standard InChI is InChI=1S/C23H25N5O2S/c1-23(2)17-10-6-7-11-18(17)27(3)20(23)13-15(29)14-31-22-26-25-21(28(22)24)16-9-5-8-12-19(16)30-4/h5-13H,14,24H2,1-4H3/b20-13+. The van der Waals surface area contributed by atoms with Gasteiger partial charge in [0, 0.05) is 29.9 Å². The summed E-state index contributed by atoms with van der Waals surface area (Å²) in [6.07, 6.45) is 1.73. The zero-order chi connectivity index (χ0) is 22.2. The van der Waals surface area contributed by atoms with Gasteiger partial charge in [0.25, 0.3) is 0 Å². The normalized spacial score (nSPS) is 15.9. The summed E-state index contributed by atoms with van der Waals surface area (Å²) >= 11 is 1.26. The number of likely N-dealkylation sites (N-methyl/N-ethyl adjacent to an activating group) is 1. The molecule has 0 atom stereocenters. The molecular weight excluding hydrogens is 410 g/mol. The average molecular weight is 436 g/mol. The maximum atomic E-state index is 12.8. The van der Waals surface area contributed by atoms with Crippen LogP contribution in [0, 0.1) is 0 Å². The van der Waals surface area contributed by atoms with Crippen LogP contribution in [0.5, 0.6) is 5.75 Å². The lowest BCUT2D eigenvalue weighted by Gasteiger charge is -2.23. The van der Waals surface area contributed by atoms with Crippen LogP contribution in [-0.4, -0.2) is 40.6 Å². The number of carbonyl (C=O) groups excluding carboxylic acids is 1. The second-order valence-corrected chi connectivity index (χ2v) is 8.80. The van der Waals surface area contributed by atoms with Gasteiger partial charge in [0.05, 0.1) is 18.4 Å². The van der Waals surface area contributed by atoms with Crippen LogP contribution in [0.25, 0.3) is 11.4 Å². The number of carbonyl (C=O) groups is 1. The molecule has 0 radical (unpaired) electrons. The predicted octanol–water partition coefficient (Wildman–Crippen LogP) is 3.64. The van der Waals surface area contributed by atoms with E-state index in [2.05, 4.69) is 41.1 Å². The summed E-state index contributed by atoms with van der Waals surface area (Å²) in [5, 5.41) is 8.82. The third-order valence-electron chi connectivity index (χ3n) is 5.59. The van der Waals surface area contributed by atoms with E-state index in [0.717, 1.165) is 16.9 Å². The highest BCUT2D eigenvalue weighted by Gasteiger charge is 2.38. The van der Waals surface area contributed by atoms with Crippen LogP contribution in [0.15, 0.2) is 65.5 Å². The number of nitrogen functional groups attached to an aromatic ring is 1. The van der Waals surface area contributed by atoms with Gasteiger partial charge < -0.3 is 15.5 Å². The molecule has 8 heteroatoms. The molecule has 7 nitrogen and oxygen atoms in total. The number of anilines is 1. The molecule has 1 aromatic heterocycles. The Kier molecular flexibility index (Phi) is 5.49. The first-order chi connectivity index (χ1) is 14.8. The maximum Gasteiger partial charge on any atom is 0.210 e. The van der Waals surface area contributed by atoms with Gasteiger partial charge >= 0.3 is 0 Å². The number of allylic oxidation sites excluding steroid dienone is 2. The molecule has 0 saturated heterocycles. The molecule has 1 aliphatic rings. The van der Waals surface area contributed by atoms with E-state index in [-0.39, 0.29) is 17.0 Å². The summed E-state index contributed by atoms with van der Waals surface area (Å²) in [6, 6.07) is 15.7. The zero-order valence-electron chi connectivity index (χ0n) is 18.0. The molecule has 3 aromatic rings. The number of ether oxygens (including phenoxy) is 1. The molecule has 0 bridgehead atoms. The summed E-state index contributed by atoms with van der Waals surface area (Å²) in [6.45, 7) is 4.27. The Labute approximate surface area is 185 Å².